The monoisotopic (exact) mass is 335 g/mol. The molecule has 0 aliphatic rings. The molecule has 0 unspecified atom stereocenters. The highest BCUT2D eigenvalue weighted by Gasteiger charge is 2.20. The molecule has 0 heterocycles. The van der Waals surface area contributed by atoms with Crippen LogP contribution in [0.3, 0.4) is 0 Å². The Morgan fingerprint density at radius 2 is 2.00 bits per heavy atom. The van der Waals surface area contributed by atoms with Gasteiger partial charge in [-0.1, -0.05) is 45.2 Å². The number of anilines is 1. The first kappa shape index (κ1) is 19.3. The Bertz CT molecular complexity index is 706. The molecule has 0 radical (unpaired) electrons. The molecule has 128 valence electrons. The fourth-order valence-corrected chi connectivity index (χ4v) is 1.80. The van der Waals surface area contributed by atoms with Crippen LogP contribution in [-0.4, -0.2) is 11.2 Å². The van der Waals surface area contributed by atoms with Gasteiger partial charge in [-0.15, -0.1) is 0 Å². The van der Waals surface area contributed by atoms with Gasteiger partial charge in [0.15, 0.2) is 17.4 Å². The normalized spacial score (nSPS) is 12.5. The Morgan fingerprint density at radius 3 is 2.50 bits per heavy atom. The van der Waals surface area contributed by atoms with E-state index in [1.165, 1.54) is 12.1 Å². The van der Waals surface area contributed by atoms with Crippen LogP contribution < -0.4 is 10.2 Å². The van der Waals surface area contributed by atoms with Gasteiger partial charge in [0.1, 0.15) is 5.69 Å². The predicted octanol–water partition coefficient (Wildman–Crippen LogP) is 4.97. The van der Waals surface area contributed by atoms with Crippen molar-refractivity contribution >= 4 is 11.7 Å². The molecule has 1 aromatic carbocycles. The van der Waals surface area contributed by atoms with Gasteiger partial charge in [0, 0.05) is 0 Å². The first-order valence-corrected chi connectivity index (χ1v) is 7.12. The van der Waals surface area contributed by atoms with E-state index in [1.54, 1.807) is 6.07 Å². The van der Waals surface area contributed by atoms with Crippen molar-refractivity contribution in [1.82, 2.24) is 0 Å². The van der Waals surface area contributed by atoms with E-state index in [4.69, 9.17) is 9.94 Å². The number of ether oxygens (including phenoxy) is 1. The van der Waals surface area contributed by atoms with Crippen LogP contribution in [0.1, 0.15) is 25.3 Å². The SMILES string of the molecule is C=C/C=C(F)\C(F)=C(/C=C)C(=O)Oc1cc(C(C)C)ccc1NO. The lowest BCUT2D eigenvalue weighted by Crippen LogP contribution is -2.13. The van der Waals surface area contributed by atoms with Crippen molar-refractivity contribution in [3.05, 3.63) is 72.4 Å². The zero-order chi connectivity index (χ0) is 18.3. The lowest BCUT2D eigenvalue weighted by molar-refractivity contribution is -0.129. The number of benzene rings is 1. The molecule has 6 heteroatoms. The largest absolute Gasteiger partial charge is 0.421 e. The molecule has 0 aliphatic carbocycles. The summed E-state index contributed by atoms with van der Waals surface area (Å²) in [7, 11) is 0. The average Bonchev–Trinajstić information content (AvgIpc) is 2.55. The minimum absolute atomic E-state index is 0.0195. The number of nitrogens with one attached hydrogen (secondary N) is 1. The van der Waals surface area contributed by atoms with Crippen LogP contribution in [0.25, 0.3) is 0 Å². The number of carbonyl (C=O) groups excluding carboxylic acids is 1. The third-order valence-electron chi connectivity index (χ3n) is 3.13. The predicted molar refractivity (Wildman–Crippen MR) is 89.3 cm³/mol. The Hall–Kier alpha value is -2.73. The van der Waals surface area contributed by atoms with E-state index in [-0.39, 0.29) is 17.4 Å². The summed E-state index contributed by atoms with van der Waals surface area (Å²) in [5, 5.41) is 9.10. The van der Waals surface area contributed by atoms with Crippen molar-refractivity contribution in [2.24, 2.45) is 0 Å². The van der Waals surface area contributed by atoms with Gasteiger partial charge in [-0.05, 0) is 29.7 Å². The molecule has 0 saturated carbocycles. The Morgan fingerprint density at radius 1 is 1.33 bits per heavy atom. The second kappa shape index (κ2) is 8.79. The van der Waals surface area contributed by atoms with E-state index in [9.17, 15) is 13.6 Å². The number of carbonyl (C=O) groups is 1. The lowest BCUT2D eigenvalue weighted by atomic mass is 10.0. The molecule has 0 atom stereocenters. The molecule has 0 aromatic heterocycles. The maximum absolute atomic E-state index is 13.9. The minimum atomic E-state index is -1.41. The second-order valence-electron chi connectivity index (χ2n) is 5.09. The van der Waals surface area contributed by atoms with E-state index in [1.807, 2.05) is 19.3 Å². The summed E-state index contributed by atoms with van der Waals surface area (Å²) >= 11 is 0. The summed E-state index contributed by atoms with van der Waals surface area (Å²) in [6, 6.07) is 4.76. The van der Waals surface area contributed by atoms with E-state index in [0.717, 1.165) is 23.8 Å². The van der Waals surface area contributed by atoms with Crippen molar-refractivity contribution in [3.8, 4) is 5.75 Å². The molecule has 0 aliphatic heterocycles. The summed E-state index contributed by atoms with van der Waals surface area (Å²) in [5.74, 6) is -3.71. The lowest BCUT2D eigenvalue weighted by Gasteiger charge is -2.13. The molecule has 0 spiro atoms. The van der Waals surface area contributed by atoms with Crippen molar-refractivity contribution in [1.29, 1.82) is 0 Å². The zero-order valence-electron chi connectivity index (χ0n) is 13.5. The Labute approximate surface area is 139 Å². The average molecular weight is 335 g/mol. The highest BCUT2D eigenvalue weighted by atomic mass is 19.2. The van der Waals surface area contributed by atoms with E-state index in [2.05, 4.69) is 13.2 Å². The molecule has 1 aromatic rings. The first-order chi connectivity index (χ1) is 11.3. The molecular weight excluding hydrogens is 316 g/mol. The van der Waals surface area contributed by atoms with E-state index >= 15 is 0 Å². The van der Waals surface area contributed by atoms with Crippen molar-refractivity contribution in [3.63, 3.8) is 0 Å². The molecule has 0 saturated heterocycles. The summed E-state index contributed by atoms with van der Waals surface area (Å²) in [6.07, 6.45) is 2.67. The first-order valence-electron chi connectivity index (χ1n) is 7.12. The molecule has 2 N–H and O–H groups in total. The van der Waals surface area contributed by atoms with Crippen molar-refractivity contribution in [2.45, 2.75) is 19.8 Å². The van der Waals surface area contributed by atoms with Gasteiger partial charge < -0.3 is 4.74 Å². The molecule has 1 rings (SSSR count). The maximum atomic E-state index is 13.9. The summed E-state index contributed by atoms with van der Waals surface area (Å²) < 4.78 is 32.5. The zero-order valence-corrected chi connectivity index (χ0v) is 13.5. The van der Waals surface area contributed by atoms with Crippen molar-refractivity contribution in [2.75, 3.05) is 5.48 Å². The quantitative estimate of drug-likeness (QED) is 0.243. The van der Waals surface area contributed by atoms with Gasteiger partial charge in [0.2, 0.25) is 0 Å². The molecule has 0 fully saturated rings. The molecule has 0 amide bonds. The molecule has 0 bridgehead atoms. The van der Waals surface area contributed by atoms with Crippen LogP contribution in [0.2, 0.25) is 0 Å². The fraction of sp³-hybridized carbons (Fsp3) is 0.167. The number of allylic oxidation sites excluding steroid dienone is 4. The minimum Gasteiger partial charge on any atom is -0.421 e. The molecule has 24 heavy (non-hydrogen) atoms. The number of hydrogen-bond donors (Lipinski definition) is 2. The Kier molecular flexibility index (Phi) is 7.07. The second-order valence-corrected chi connectivity index (χ2v) is 5.09. The van der Waals surface area contributed by atoms with Crippen LogP contribution in [0.4, 0.5) is 14.5 Å². The van der Waals surface area contributed by atoms with Gasteiger partial charge in [0.25, 0.3) is 0 Å². The van der Waals surface area contributed by atoms with Crippen LogP contribution in [0, 0.1) is 0 Å². The number of halogens is 2. The van der Waals surface area contributed by atoms with Crippen LogP contribution in [0.15, 0.2) is 66.8 Å². The van der Waals surface area contributed by atoms with Gasteiger partial charge in [-0.3, -0.25) is 10.7 Å². The molecular formula is C18H19F2NO3. The van der Waals surface area contributed by atoms with Crippen LogP contribution in [-0.2, 0) is 4.79 Å². The van der Waals surface area contributed by atoms with Gasteiger partial charge in [-0.25, -0.2) is 13.6 Å². The Balaban J connectivity index is 3.24. The number of rotatable bonds is 7. The van der Waals surface area contributed by atoms with Gasteiger partial charge in [0.05, 0.1) is 5.57 Å². The number of esters is 1. The van der Waals surface area contributed by atoms with Crippen LogP contribution in [0.5, 0.6) is 5.75 Å². The number of hydrogen-bond acceptors (Lipinski definition) is 4. The van der Waals surface area contributed by atoms with Gasteiger partial charge >= 0.3 is 5.97 Å². The standard InChI is InChI=1S/C18H19F2NO3/c1-5-7-14(19)17(20)13(6-2)18(22)24-16-10-12(11(3)4)8-9-15(16)21-23/h5-11,21,23H,1-2H2,3-4H3/b14-7+,17-13-. The topological polar surface area (TPSA) is 58.6 Å². The smallest absolute Gasteiger partial charge is 0.346 e. The third kappa shape index (κ3) is 4.63. The van der Waals surface area contributed by atoms with Gasteiger partial charge in [-0.2, -0.15) is 0 Å². The molecule has 4 nitrogen and oxygen atoms in total. The highest BCUT2D eigenvalue weighted by molar-refractivity contribution is 5.94. The fourth-order valence-electron chi connectivity index (χ4n) is 1.80. The van der Waals surface area contributed by atoms with E-state index < -0.39 is 23.2 Å². The van der Waals surface area contributed by atoms with Crippen LogP contribution >= 0.6 is 0 Å². The van der Waals surface area contributed by atoms with Crippen molar-refractivity contribution < 1.29 is 23.5 Å². The summed E-state index contributed by atoms with van der Waals surface area (Å²) in [4.78, 5) is 12.1. The summed E-state index contributed by atoms with van der Waals surface area (Å²) in [5.41, 5.74) is 2.15. The highest BCUT2D eigenvalue weighted by Crippen LogP contribution is 2.30. The third-order valence-corrected chi connectivity index (χ3v) is 3.13. The maximum Gasteiger partial charge on any atom is 0.346 e. The summed E-state index contributed by atoms with van der Waals surface area (Å²) in [6.45, 7) is 10.4. The van der Waals surface area contributed by atoms with E-state index in [0.29, 0.717) is 0 Å².